The average molecular weight is 305 g/mol. The van der Waals surface area contributed by atoms with Gasteiger partial charge >= 0.3 is 0 Å². The highest BCUT2D eigenvalue weighted by Gasteiger charge is 2.30. The molecule has 1 aromatic rings. The Bertz CT molecular complexity index is 470. The lowest BCUT2D eigenvalue weighted by Gasteiger charge is -2.14. The fourth-order valence-electron chi connectivity index (χ4n) is 1.89. The lowest BCUT2D eigenvalue weighted by molar-refractivity contribution is -0.132. The van der Waals surface area contributed by atoms with Crippen LogP contribution in [0.15, 0.2) is 18.2 Å². The minimum absolute atomic E-state index is 0.144. The largest absolute Gasteiger partial charge is 0.489 e. The standard InChI is InChI=1S/C12H14Cl2N2O3/c13-7-1-3-10(9(14)5-7)18-6-8-2-4-11(19-8)12(17)16-15/h1,3,5,8,11H,2,4,6,15H2,(H,16,17). The van der Waals surface area contributed by atoms with Crippen LogP contribution >= 0.6 is 23.2 Å². The van der Waals surface area contributed by atoms with Crippen molar-refractivity contribution in [2.24, 2.45) is 5.84 Å². The third-order valence-corrected chi connectivity index (χ3v) is 3.39. The molecule has 1 saturated heterocycles. The molecule has 0 radical (unpaired) electrons. The molecule has 2 unspecified atom stereocenters. The summed E-state index contributed by atoms with van der Waals surface area (Å²) >= 11 is 11.8. The molecule has 19 heavy (non-hydrogen) atoms. The van der Waals surface area contributed by atoms with Crippen molar-refractivity contribution in [3.8, 4) is 5.75 Å². The van der Waals surface area contributed by atoms with Crippen molar-refractivity contribution in [1.29, 1.82) is 0 Å². The Morgan fingerprint density at radius 3 is 2.95 bits per heavy atom. The highest BCUT2D eigenvalue weighted by atomic mass is 35.5. The minimum Gasteiger partial charge on any atom is -0.489 e. The van der Waals surface area contributed by atoms with E-state index in [9.17, 15) is 4.79 Å². The molecule has 2 atom stereocenters. The van der Waals surface area contributed by atoms with Crippen LogP contribution in [0.3, 0.4) is 0 Å². The number of ether oxygens (including phenoxy) is 2. The van der Waals surface area contributed by atoms with Gasteiger partial charge in [-0.1, -0.05) is 23.2 Å². The summed E-state index contributed by atoms with van der Waals surface area (Å²) in [6, 6.07) is 5.01. The molecule has 1 fully saturated rings. The smallest absolute Gasteiger partial charge is 0.263 e. The lowest BCUT2D eigenvalue weighted by atomic mass is 10.2. The molecule has 1 aliphatic heterocycles. The fraction of sp³-hybridized carbons (Fsp3) is 0.417. The third kappa shape index (κ3) is 3.73. The van der Waals surface area contributed by atoms with E-state index < -0.39 is 6.10 Å². The predicted molar refractivity (Wildman–Crippen MR) is 72.2 cm³/mol. The van der Waals surface area contributed by atoms with Gasteiger partial charge in [-0.05, 0) is 31.0 Å². The maximum Gasteiger partial charge on any atom is 0.263 e. The van der Waals surface area contributed by atoms with E-state index >= 15 is 0 Å². The van der Waals surface area contributed by atoms with E-state index in [1.54, 1.807) is 18.2 Å². The first-order chi connectivity index (χ1) is 9.10. The number of amides is 1. The molecule has 0 spiro atoms. The van der Waals surface area contributed by atoms with Crippen molar-refractivity contribution >= 4 is 29.1 Å². The Morgan fingerprint density at radius 1 is 1.47 bits per heavy atom. The van der Waals surface area contributed by atoms with Crippen molar-refractivity contribution in [2.45, 2.75) is 25.0 Å². The first-order valence-corrected chi connectivity index (χ1v) is 6.59. The summed E-state index contributed by atoms with van der Waals surface area (Å²) in [6.45, 7) is 0.329. The lowest BCUT2D eigenvalue weighted by Crippen LogP contribution is -2.39. The summed E-state index contributed by atoms with van der Waals surface area (Å²) in [4.78, 5) is 11.3. The SMILES string of the molecule is NNC(=O)C1CCC(COc2ccc(Cl)cc2Cl)O1. The number of nitrogens with one attached hydrogen (secondary N) is 1. The number of carbonyl (C=O) groups excluding carboxylic acids is 1. The zero-order chi connectivity index (χ0) is 13.8. The van der Waals surface area contributed by atoms with Crippen LogP contribution in [0.4, 0.5) is 0 Å². The van der Waals surface area contributed by atoms with Crippen LogP contribution in [-0.2, 0) is 9.53 Å². The van der Waals surface area contributed by atoms with Gasteiger partial charge in [0.25, 0.3) is 5.91 Å². The van der Waals surface area contributed by atoms with Gasteiger partial charge in [0.1, 0.15) is 18.5 Å². The Hall–Kier alpha value is -1.01. The normalized spacial score (nSPS) is 22.3. The molecule has 0 aromatic heterocycles. The summed E-state index contributed by atoms with van der Waals surface area (Å²) in [5.41, 5.74) is 2.08. The van der Waals surface area contributed by atoms with E-state index in [-0.39, 0.29) is 12.0 Å². The second-order valence-electron chi connectivity index (χ2n) is 4.22. The maximum atomic E-state index is 11.3. The molecule has 3 N–H and O–H groups in total. The summed E-state index contributed by atoms with van der Waals surface area (Å²) in [6.07, 6.45) is 0.725. The van der Waals surface area contributed by atoms with Crippen molar-refractivity contribution < 1.29 is 14.3 Å². The highest BCUT2D eigenvalue weighted by molar-refractivity contribution is 6.35. The van der Waals surface area contributed by atoms with Crippen molar-refractivity contribution in [3.63, 3.8) is 0 Å². The molecule has 0 saturated carbocycles. The van der Waals surface area contributed by atoms with Crippen LogP contribution < -0.4 is 16.0 Å². The monoisotopic (exact) mass is 304 g/mol. The van der Waals surface area contributed by atoms with E-state index in [4.69, 9.17) is 38.5 Å². The molecule has 0 aliphatic carbocycles. The molecule has 104 valence electrons. The summed E-state index contributed by atoms with van der Waals surface area (Å²) in [5, 5.41) is 0.996. The van der Waals surface area contributed by atoms with Crippen LogP contribution in [0, 0.1) is 0 Å². The maximum absolute atomic E-state index is 11.3. The van der Waals surface area contributed by atoms with Crippen LogP contribution in [0.1, 0.15) is 12.8 Å². The van der Waals surface area contributed by atoms with Crippen molar-refractivity contribution in [1.82, 2.24) is 5.43 Å². The number of hydrazine groups is 1. The number of halogens is 2. The van der Waals surface area contributed by atoms with E-state index in [0.717, 1.165) is 6.42 Å². The Labute approximate surface area is 120 Å². The van der Waals surface area contributed by atoms with E-state index in [2.05, 4.69) is 5.43 Å². The molecular weight excluding hydrogens is 291 g/mol. The number of hydrogen-bond acceptors (Lipinski definition) is 4. The molecule has 1 aliphatic rings. The average Bonchev–Trinajstić information content (AvgIpc) is 2.85. The van der Waals surface area contributed by atoms with Crippen LogP contribution in [0.5, 0.6) is 5.75 Å². The topological polar surface area (TPSA) is 73.6 Å². The zero-order valence-corrected chi connectivity index (χ0v) is 11.6. The van der Waals surface area contributed by atoms with Crippen LogP contribution in [0.25, 0.3) is 0 Å². The molecule has 5 nitrogen and oxygen atoms in total. The summed E-state index contributed by atoms with van der Waals surface area (Å²) in [7, 11) is 0. The zero-order valence-electron chi connectivity index (χ0n) is 10.1. The molecule has 2 rings (SSSR count). The van der Waals surface area contributed by atoms with Gasteiger partial charge in [0, 0.05) is 5.02 Å². The van der Waals surface area contributed by atoms with Crippen molar-refractivity contribution in [2.75, 3.05) is 6.61 Å². The van der Waals surface area contributed by atoms with E-state index in [1.807, 2.05) is 0 Å². The van der Waals surface area contributed by atoms with Crippen LogP contribution in [0.2, 0.25) is 10.0 Å². The molecule has 1 heterocycles. The fourth-order valence-corrected chi connectivity index (χ4v) is 2.35. The molecule has 7 heteroatoms. The van der Waals surface area contributed by atoms with Gasteiger partial charge in [-0.2, -0.15) is 0 Å². The number of nitrogens with two attached hydrogens (primary N) is 1. The van der Waals surface area contributed by atoms with Gasteiger partial charge in [0.15, 0.2) is 0 Å². The second kappa shape index (κ2) is 6.43. The van der Waals surface area contributed by atoms with E-state index in [1.165, 1.54) is 0 Å². The molecule has 1 aromatic carbocycles. The number of carbonyl (C=O) groups is 1. The van der Waals surface area contributed by atoms with Gasteiger partial charge < -0.3 is 9.47 Å². The van der Waals surface area contributed by atoms with Crippen LogP contribution in [-0.4, -0.2) is 24.7 Å². The van der Waals surface area contributed by atoms with Gasteiger partial charge in [0.05, 0.1) is 11.1 Å². The first-order valence-electron chi connectivity index (χ1n) is 5.84. The molecule has 0 bridgehead atoms. The first kappa shape index (κ1) is 14.4. The minimum atomic E-state index is -0.501. The molecule has 1 amide bonds. The number of hydrogen-bond donors (Lipinski definition) is 2. The van der Waals surface area contributed by atoms with Gasteiger partial charge in [-0.25, -0.2) is 5.84 Å². The third-order valence-electron chi connectivity index (χ3n) is 2.86. The Balaban J connectivity index is 1.85. The number of benzene rings is 1. The quantitative estimate of drug-likeness (QED) is 0.506. The van der Waals surface area contributed by atoms with Gasteiger partial charge in [-0.15, -0.1) is 0 Å². The second-order valence-corrected chi connectivity index (χ2v) is 5.06. The van der Waals surface area contributed by atoms with Gasteiger partial charge in [-0.3, -0.25) is 10.2 Å². The van der Waals surface area contributed by atoms with Crippen molar-refractivity contribution in [3.05, 3.63) is 28.2 Å². The molecular formula is C12H14Cl2N2O3. The Kier molecular flexibility index (Phi) is 4.87. The Morgan fingerprint density at radius 2 is 2.26 bits per heavy atom. The summed E-state index contributed by atoms with van der Waals surface area (Å²) in [5.74, 6) is 5.29. The predicted octanol–water partition coefficient (Wildman–Crippen LogP) is 1.91. The van der Waals surface area contributed by atoms with E-state index in [0.29, 0.717) is 28.8 Å². The highest BCUT2D eigenvalue weighted by Crippen LogP contribution is 2.28. The number of rotatable bonds is 4. The van der Waals surface area contributed by atoms with Gasteiger partial charge in [0.2, 0.25) is 0 Å². The summed E-state index contributed by atoms with van der Waals surface area (Å²) < 4.78 is 11.1.